The number of rotatable bonds is 6. The third kappa shape index (κ3) is 6.41. The first-order valence-corrected chi connectivity index (χ1v) is 7.58. The summed E-state index contributed by atoms with van der Waals surface area (Å²) in [7, 11) is 4.06. The lowest BCUT2D eigenvalue weighted by atomic mass is 10.1. The predicted molar refractivity (Wildman–Crippen MR) is 82.3 cm³/mol. The first-order valence-electron chi connectivity index (χ1n) is 6.59. The van der Waals surface area contributed by atoms with Gasteiger partial charge in [-0.3, -0.25) is 0 Å². The molecular formula is C15H25FN2S. The van der Waals surface area contributed by atoms with E-state index in [-0.39, 0.29) is 11.4 Å². The smallest absolute Gasteiger partial charge is 0.137 e. The van der Waals surface area contributed by atoms with E-state index in [1.165, 1.54) is 0 Å². The van der Waals surface area contributed by atoms with Gasteiger partial charge in [0.1, 0.15) is 5.82 Å². The molecule has 1 N–H and O–H groups in total. The Bertz CT molecular complexity index is 400. The third-order valence-corrected chi connectivity index (χ3v) is 3.78. The second-order valence-electron chi connectivity index (χ2n) is 5.98. The van der Waals surface area contributed by atoms with Crippen LogP contribution in [0.4, 0.5) is 4.39 Å². The molecule has 108 valence electrons. The van der Waals surface area contributed by atoms with Crippen LogP contribution < -0.4 is 5.32 Å². The summed E-state index contributed by atoms with van der Waals surface area (Å²) in [5.74, 6) is 0.785. The largest absolute Gasteiger partial charge is 0.309 e. The minimum atomic E-state index is -0.114. The van der Waals surface area contributed by atoms with Crippen LogP contribution in [0.5, 0.6) is 0 Å². The highest BCUT2D eigenvalue weighted by atomic mass is 32.2. The molecule has 0 radical (unpaired) electrons. The van der Waals surface area contributed by atoms with Crippen molar-refractivity contribution in [3.63, 3.8) is 0 Å². The Labute approximate surface area is 120 Å². The molecule has 0 aromatic heterocycles. The van der Waals surface area contributed by atoms with E-state index in [1.54, 1.807) is 23.9 Å². The molecule has 0 atom stereocenters. The molecule has 0 aliphatic carbocycles. The maximum atomic E-state index is 13.9. The highest BCUT2D eigenvalue weighted by molar-refractivity contribution is 7.99. The summed E-state index contributed by atoms with van der Waals surface area (Å²) in [6, 6.07) is 5.32. The minimum Gasteiger partial charge on any atom is -0.309 e. The Morgan fingerprint density at radius 2 is 1.95 bits per heavy atom. The number of thioether (sulfide) groups is 1. The Morgan fingerprint density at radius 3 is 2.53 bits per heavy atom. The van der Waals surface area contributed by atoms with Crippen LogP contribution in [-0.4, -0.2) is 36.8 Å². The zero-order valence-corrected chi connectivity index (χ0v) is 13.4. The van der Waals surface area contributed by atoms with Gasteiger partial charge in [0.2, 0.25) is 0 Å². The van der Waals surface area contributed by atoms with E-state index in [2.05, 4.69) is 31.0 Å². The molecule has 0 saturated carbocycles. The first-order chi connectivity index (χ1) is 8.79. The fourth-order valence-electron chi connectivity index (χ4n) is 1.55. The summed E-state index contributed by atoms with van der Waals surface area (Å²) in [6.07, 6.45) is 0. The molecule has 0 unspecified atom stereocenters. The average molecular weight is 284 g/mol. The van der Waals surface area contributed by atoms with Crippen LogP contribution in [-0.2, 0) is 6.54 Å². The molecule has 0 bridgehead atoms. The van der Waals surface area contributed by atoms with Gasteiger partial charge in [-0.15, -0.1) is 11.8 Å². The zero-order valence-electron chi connectivity index (χ0n) is 12.6. The topological polar surface area (TPSA) is 15.3 Å². The van der Waals surface area contributed by atoms with E-state index < -0.39 is 0 Å². The van der Waals surface area contributed by atoms with Crippen LogP contribution in [0, 0.1) is 5.82 Å². The van der Waals surface area contributed by atoms with Crippen LogP contribution in [0.3, 0.4) is 0 Å². The van der Waals surface area contributed by atoms with Crippen LogP contribution in [0.25, 0.3) is 0 Å². The lowest BCUT2D eigenvalue weighted by molar-refractivity contribution is 0.421. The fraction of sp³-hybridized carbons (Fsp3) is 0.600. The van der Waals surface area contributed by atoms with Gasteiger partial charge in [-0.05, 0) is 46.5 Å². The molecule has 0 amide bonds. The maximum absolute atomic E-state index is 13.9. The van der Waals surface area contributed by atoms with Gasteiger partial charge in [0.25, 0.3) is 0 Å². The molecular weight excluding hydrogens is 259 g/mol. The number of hydrogen-bond acceptors (Lipinski definition) is 3. The highest BCUT2D eigenvalue weighted by Crippen LogP contribution is 2.26. The van der Waals surface area contributed by atoms with Crippen LogP contribution in [0.15, 0.2) is 23.1 Å². The average Bonchev–Trinajstić information content (AvgIpc) is 2.27. The van der Waals surface area contributed by atoms with Gasteiger partial charge >= 0.3 is 0 Å². The summed E-state index contributed by atoms with van der Waals surface area (Å²) >= 11 is 1.60. The van der Waals surface area contributed by atoms with Crippen molar-refractivity contribution in [2.45, 2.75) is 37.8 Å². The van der Waals surface area contributed by atoms with Crippen molar-refractivity contribution in [1.29, 1.82) is 0 Å². The van der Waals surface area contributed by atoms with Crippen molar-refractivity contribution in [3.8, 4) is 0 Å². The SMILES string of the molecule is CN(C)CCSc1c(F)cccc1CNC(C)(C)C. The number of halogens is 1. The standard InChI is InChI=1S/C15H25FN2S/c1-15(2,3)17-11-12-7-6-8-13(16)14(12)19-10-9-18(4)5/h6-8,17H,9-11H2,1-5H3. The van der Waals surface area contributed by atoms with Gasteiger partial charge in [0.05, 0.1) is 0 Å². The van der Waals surface area contributed by atoms with Crippen molar-refractivity contribution in [1.82, 2.24) is 10.2 Å². The van der Waals surface area contributed by atoms with Gasteiger partial charge < -0.3 is 10.2 Å². The molecule has 4 heteroatoms. The molecule has 0 spiro atoms. The van der Waals surface area contributed by atoms with Gasteiger partial charge in [0.15, 0.2) is 0 Å². The van der Waals surface area contributed by atoms with Gasteiger partial charge in [-0.25, -0.2) is 4.39 Å². The van der Waals surface area contributed by atoms with Crippen molar-refractivity contribution < 1.29 is 4.39 Å². The molecule has 0 saturated heterocycles. The monoisotopic (exact) mass is 284 g/mol. The van der Waals surface area contributed by atoms with Crippen molar-refractivity contribution in [2.24, 2.45) is 0 Å². The summed E-state index contributed by atoms with van der Waals surface area (Å²) in [5.41, 5.74) is 1.08. The van der Waals surface area contributed by atoms with Gasteiger partial charge in [0, 0.05) is 29.3 Å². The van der Waals surface area contributed by atoms with Crippen molar-refractivity contribution >= 4 is 11.8 Å². The minimum absolute atomic E-state index is 0.0396. The van der Waals surface area contributed by atoms with Gasteiger partial charge in [-0.1, -0.05) is 12.1 Å². The number of nitrogens with zero attached hydrogens (tertiary/aromatic N) is 1. The fourth-order valence-corrected chi connectivity index (χ4v) is 2.74. The first kappa shape index (κ1) is 16.5. The lowest BCUT2D eigenvalue weighted by Gasteiger charge is -2.22. The molecule has 19 heavy (non-hydrogen) atoms. The molecule has 0 heterocycles. The normalized spacial score (nSPS) is 12.2. The number of benzene rings is 1. The lowest BCUT2D eigenvalue weighted by Crippen LogP contribution is -2.35. The summed E-state index contributed by atoms with van der Waals surface area (Å²) in [5, 5.41) is 3.41. The third-order valence-electron chi connectivity index (χ3n) is 2.64. The highest BCUT2D eigenvalue weighted by Gasteiger charge is 2.13. The Kier molecular flexibility index (Phi) is 6.30. The van der Waals surface area contributed by atoms with Crippen molar-refractivity contribution in [2.75, 3.05) is 26.4 Å². The Morgan fingerprint density at radius 1 is 1.26 bits per heavy atom. The van der Waals surface area contributed by atoms with E-state index in [4.69, 9.17) is 0 Å². The number of hydrogen-bond donors (Lipinski definition) is 1. The molecule has 2 nitrogen and oxygen atoms in total. The molecule has 0 aliphatic heterocycles. The second-order valence-corrected chi connectivity index (χ2v) is 7.09. The van der Waals surface area contributed by atoms with Gasteiger partial charge in [-0.2, -0.15) is 0 Å². The zero-order chi connectivity index (χ0) is 14.5. The van der Waals surface area contributed by atoms with E-state index in [9.17, 15) is 4.39 Å². The predicted octanol–water partition coefficient (Wildman–Crippen LogP) is 3.37. The summed E-state index contributed by atoms with van der Waals surface area (Å²) < 4.78 is 13.9. The molecule has 1 aromatic carbocycles. The molecule has 1 rings (SSSR count). The quantitative estimate of drug-likeness (QED) is 0.806. The molecule has 0 fully saturated rings. The van der Waals surface area contributed by atoms with Crippen molar-refractivity contribution in [3.05, 3.63) is 29.6 Å². The van der Waals surface area contributed by atoms with E-state index >= 15 is 0 Å². The summed E-state index contributed by atoms with van der Waals surface area (Å²) in [4.78, 5) is 2.89. The second kappa shape index (κ2) is 7.27. The molecule has 0 aliphatic rings. The maximum Gasteiger partial charge on any atom is 0.137 e. The van der Waals surface area contributed by atoms with Crippen LogP contribution in [0.1, 0.15) is 26.3 Å². The summed E-state index contributed by atoms with van der Waals surface area (Å²) in [6.45, 7) is 8.00. The Hall–Kier alpha value is -0.580. The van der Waals surface area contributed by atoms with Crippen LogP contribution in [0.2, 0.25) is 0 Å². The molecule has 1 aromatic rings. The van der Waals surface area contributed by atoms with E-state index in [0.717, 1.165) is 22.8 Å². The van der Waals surface area contributed by atoms with Crippen LogP contribution >= 0.6 is 11.8 Å². The number of nitrogens with one attached hydrogen (secondary N) is 1. The Balaban J connectivity index is 2.71. The van der Waals surface area contributed by atoms with E-state index in [1.807, 2.05) is 20.2 Å². The van der Waals surface area contributed by atoms with E-state index in [0.29, 0.717) is 6.54 Å².